The number of carbonyl (C=O) groups is 1. The summed E-state index contributed by atoms with van der Waals surface area (Å²) in [6, 6.07) is 4.40. The molecule has 152 valence electrons. The van der Waals surface area contributed by atoms with Crippen molar-refractivity contribution in [3.63, 3.8) is 0 Å². The number of nitrogens with one attached hydrogen (secondary N) is 1. The van der Waals surface area contributed by atoms with Crippen molar-refractivity contribution in [2.75, 3.05) is 12.4 Å². The van der Waals surface area contributed by atoms with E-state index in [0.717, 1.165) is 48.3 Å². The van der Waals surface area contributed by atoms with Crippen molar-refractivity contribution >= 4 is 29.0 Å². The molecule has 6 nitrogen and oxygen atoms in total. The Morgan fingerprint density at radius 1 is 1.32 bits per heavy atom. The molecule has 0 spiro atoms. The van der Waals surface area contributed by atoms with Gasteiger partial charge in [0, 0.05) is 12.6 Å². The average molecular weight is 421 g/mol. The third kappa shape index (κ3) is 4.78. The van der Waals surface area contributed by atoms with E-state index < -0.39 is 0 Å². The van der Waals surface area contributed by atoms with Crippen LogP contribution in [0.1, 0.15) is 45.4 Å². The second-order valence-electron chi connectivity index (χ2n) is 7.75. The highest BCUT2D eigenvalue weighted by atomic mass is 32.2. The molecule has 1 saturated heterocycles. The SMILES string of the molecule is CC1CCCCC1NC(=O)CSc1nnc(-c2cccs2)n1CC1CCCO1. The van der Waals surface area contributed by atoms with Gasteiger partial charge in [0.05, 0.1) is 23.3 Å². The fraction of sp³-hybridized carbons (Fsp3) is 0.650. The van der Waals surface area contributed by atoms with Crippen LogP contribution in [0, 0.1) is 5.92 Å². The number of thioether (sulfide) groups is 1. The second-order valence-corrected chi connectivity index (χ2v) is 9.64. The molecule has 0 radical (unpaired) electrons. The van der Waals surface area contributed by atoms with E-state index >= 15 is 0 Å². The molecule has 1 aliphatic carbocycles. The lowest BCUT2D eigenvalue weighted by molar-refractivity contribution is -0.119. The van der Waals surface area contributed by atoms with Crippen LogP contribution in [0.15, 0.2) is 22.7 Å². The number of hydrogen-bond donors (Lipinski definition) is 1. The normalized spacial score (nSPS) is 25.1. The smallest absolute Gasteiger partial charge is 0.230 e. The topological polar surface area (TPSA) is 69.0 Å². The molecule has 3 unspecified atom stereocenters. The Hall–Kier alpha value is -1.38. The Kier molecular flexibility index (Phi) is 6.69. The monoisotopic (exact) mass is 420 g/mol. The number of amides is 1. The van der Waals surface area contributed by atoms with Gasteiger partial charge in [0.2, 0.25) is 5.91 Å². The zero-order valence-corrected chi connectivity index (χ0v) is 17.9. The van der Waals surface area contributed by atoms with Crippen molar-refractivity contribution in [2.24, 2.45) is 5.92 Å². The maximum atomic E-state index is 12.5. The van der Waals surface area contributed by atoms with Crippen molar-refractivity contribution in [2.45, 2.75) is 69.3 Å². The van der Waals surface area contributed by atoms with Crippen LogP contribution in [0.4, 0.5) is 0 Å². The molecule has 0 aromatic carbocycles. The van der Waals surface area contributed by atoms with Gasteiger partial charge in [-0.2, -0.15) is 0 Å². The fourth-order valence-corrected chi connectivity index (χ4v) is 5.53. The van der Waals surface area contributed by atoms with Crippen LogP contribution >= 0.6 is 23.1 Å². The maximum absolute atomic E-state index is 12.5. The molecule has 2 aliphatic rings. The van der Waals surface area contributed by atoms with Crippen LogP contribution in [-0.2, 0) is 16.1 Å². The molecular formula is C20H28N4O2S2. The highest BCUT2D eigenvalue weighted by Gasteiger charge is 2.25. The van der Waals surface area contributed by atoms with E-state index in [9.17, 15) is 4.79 Å². The van der Waals surface area contributed by atoms with Crippen molar-refractivity contribution in [3.05, 3.63) is 17.5 Å². The molecule has 1 aliphatic heterocycles. The molecule has 2 aromatic heterocycles. The molecule has 3 atom stereocenters. The van der Waals surface area contributed by atoms with Crippen LogP contribution in [0.3, 0.4) is 0 Å². The van der Waals surface area contributed by atoms with Gasteiger partial charge >= 0.3 is 0 Å². The number of thiophene rings is 1. The van der Waals surface area contributed by atoms with E-state index in [1.54, 1.807) is 11.3 Å². The largest absolute Gasteiger partial charge is 0.376 e. The van der Waals surface area contributed by atoms with Gasteiger partial charge in [-0.3, -0.25) is 9.36 Å². The lowest BCUT2D eigenvalue weighted by Gasteiger charge is -2.29. The van der Waals surface area contributed by atoms with Crippen LogP contribution in [0.25, 0.3) is 10.7 Å². The molecule has 2 fully saturated rings. The molecule has 8 heteroatoms. The van der Waals surface area contributed by atoms with Crippen LogP contribution in [-0.4, -0.2) is 45.2 Å². The van der Waals surface area contributed by atoms with Crippen molar-refractivity contribution in [1.82, 2.24) is 20.1 Å². The fourth-order valence-electron chi connectivity index (χ4n) is 4.05. The van der Waals surface area contributed by atoms with Gasteiger partial charge in [0.1, 0.15) is 0 Å². The first-order valence-electron chi connectivity index (χ1n) is 10.2. The Morgan fingerprint density at radius 2 is 2.21 bits per heavy atom. The van der Waals surface area contributed by atoms with Crippen LogP contribution < -0.4 is 5.32 Å². The Labute approximate surface area is 174 Å². The molecule has 4 rings (SSSR count). The standard InChI is InChI=1S/C20H28N4O2S2/c1-14-6-2-3-8-16(14)21-18(25)13-28-20-23-22-19(17-9-5-11-27-17)24(20)12-15-7-4-10-26-15/h5,9,11,14-16H,2-4,6-8,10,12-13H2,1H3,(H,21,25). The molecule has 0 bridgehead atoms. The predicted molar refractivity (Wildman–Crippen MR) is 113 cm³/mol. The van der Waals surface area contributed by atoms with Crippen molar-refractivity contribution < 1.29 is 9.53 Å². The van der Waals surface area contributed by atoms with E-state index in [4.69, 9.17) is 4.74 Å². The van der Waals surface area contributed by atoms with Gasteiger partial charge < -0.3 is 10.1 Å². The van der Waals surface area contributed by atoms with Crippen LogP contribution in [0.5, 0.6) is 0 Å². The first-order chi connectivity index (χ1) is 13.7. The molecular weight excluding hydrogens is 392 g/mol. The van der Waals surface area contributed by atoms with Gasteiger partial charge in [-0.15, -0.1) is 21.5 Å². The number of aromatic nitrogens is 3. The van der Waals surface area contributed by atoms with Gasteiger partial charge in [-0.1, -0.05) is 37.6 Å². The van der Waals surface area contributed by atoms with Crippen molar-refractivity contribution in [1.29, 1.82) is 0 Å². The number of ether oxygens (including phenoxy) is 1. The summed E-state index contributed by atoms with van der Waals surface area (Å²) >= 11 is 3.13. The summed E-state index contributed by atoms with van der Waals surface area (Å²) in [6.45, 7) is 3.80. The van der Waals surface area contributed by atoms with Gasteiger partial charge in [-0.05, 0) is 43.0 Å². The van der Waals surface area contributed by atoms with Crippen LogP contribution in [0.2, 0.25) is 0 Å². The zero-order valence-electron chi connectivity index (χ0n) is 16.3. The first kappa shape index (κ1) is 19.9. The highest BCUT2D eigenvalue weighted by molar-refractivity contribution is 7.99. The minimum absolute atomic E-state index is 0.0908. The Balaban J connectivity index is 1.42. The summed E-state index contributed by atoms with van der Waals surface area (Å²) in [4.78, 5) is 13.6. The zero-order chi connectivity index (χ0) is 19.3. The predicted octanol–water partition coefficient (Wildman–Crippen LogP) is 3.97. The Bertz CT molecular complexity index is 771. The summed E-state index contributed by atoms with van der Waals surface area (Å²) in [6.07, 6.45) is 7.15. The van der Waals surface area contributed by atoms with Gasteiger partial charge in [-0.25, -0.2) is 0 Å². The summed E-state index contributed by atoms with van der Waals surface area (Å²) < 4.78 is 7.96. The number of hydrogen-bond acceptors (Lipinski definition) is 6. The lowest BCUT2D eigenvalue weighted by Crippen LogP contribution is -2.41. The first-order valence-corrected chi connectivity index (χ1v) is 12.1. The summed E-state index contributed by atoms with van der Waals surface area (Å²) in [5, 5.41) is 14.9. The van der Waals surface area contributed by atoms with E-state index in [0.29, 0.717) is 17.7 Å². The average Bonchev–Trinajstić information content (AvgIpc) is 3.44. The summed E-state index contributed by atoms with van der Waals surface area (Å²) in [5.74, 6) is 1.90. The van der Waals surface area contributed by atoms with Gasteiger partial charge in [0.25, 0.3) is 0 Å². The maximum Gasteiger partial charge on any atom is 0.230 e. The third-order valence-electron chi connectivity index (χ3n) is 5.66. The minimum atomic E-state index is 0.0908. The van der Waals surface area contributed by atoms with Gasteiger partial charge in [0.15, 0.2) is 11.0 Å². The van der Waals surface area contributed by atoms with Crippen molar-refractivity contribution in [3.8, 4) is 10.7 Å². The lowest BCUT2D eigenvalue weighted by atomic mass is 9.86. The molecule has 28 heavy (non-hydrogen) atoms. The summed E-state index contributed by atoms with van der Waals surface area (Å²) in [7, 11) is 0. The number of nitrogens with zero attached hydrogens (tertiary/aromatic N) is 3. The summed E-state index contributed by atoms with van der Waals surface area (Å²) in [5.41, 5.74) is 0. The number of rotatable bonds is 7. The Morgan fingerprint density at radius 3 is 2.96 bits per heavy atom. The highest BCUT2D eigenvalue weighted by Crippen LogP contribution is 2.29. The quantitative estimate of drug-likeness (QED) is 0.687. The molecule has 3 heterocycles. The van der Waals surface area contributed by atoms with E-state index in [-0.39, 0.29) is 12.0 Å². The molecule has 1 N–H and O–H groups in total. The second kappa shape index (κ2) is 9.41. The molecule has 2 aromatic rings. The van der Waals surface area contributed by atoms with E-state index in [1.807, 2.05) is 11.4 Å². The van der Waals surface area contributed by atoms with E-state index in [2.05, 4.69) is 33.1 Å². The third-order valence-corrected chi connectivity index (χ3v) is 7.49. The molecule has 1 saturated carbocycles. The molecule has 1 amide bonds. The van der Waals surface area contributed by atoms with E-state index in [1.165, 1.54) is 31.0 Å². The number of carbonyl (C=O) groups excluding carboxylic acids is 1. The minimum Gasteiger partial charge on any atom is -0.376 e.